The van der Waals surface area contributed by atoms with Crippen molar-refractivity contribution in [3.05, 3.63) is 35.1 Å². The van der Waals surface area contributed by atoms with E-state index < -0.39 is 5.60 Å². The van der Waals surface area contributed by atoms with Crippen LogP contribution in [0.4, 0.5) is 4.39 Å². The van der Waals surface area contributed by atoms with Gasteiger partial charge in [-0.3, -0.25) is 0 Å². The third-order valence-corrected chi connectivity index (χ3v) is 4.84. The summed E-state index contributed by atoms with van der Waals surface area (Å²) in [6.45, 7) is 4.34. The second kappa shape index (κ2) is 6.25. The van der Waals surface area contributed by atoms with E-state index >= 15 is 0 Å². The van der Waals surface area contributed by atoms with E-state index in [-0.39, 0.29) is 11.9 Å². The SMILES string of the molecule is Cc1ccc(C(C)NCC2(O)CCSCC2)cc1F. The Bertz CT molecular complexity index is 432. The van der Waals surface area contributed by atoms with Crippen LogP contribution in [0.5, 0.6) is 0 Å². The number of aliphatic hydroxyl groups is 1. The van der Waals surface area contributed by atoms with Crippen molar-refractivity contribution in [2.24, 2.45) is 0 Å². The number of rotatable bonds is 4. The second-order valence-electron chi connectivity index (χ2n) is 5.45. The zero-order valence-corrected chi connectivity index (χ0v) is 12.4. The summed E-state index contributed by atoms with van der Waals surface area (Å²) in [4.78, 5) is 0. The van der Waals surface area contributed by atoms with Gasteiger partial charge in [0.15, 0.2) is 0 Å². The molecular formula is C15H22FNOS. The van der Waals surface area contributed by atoms with Gasteiger partial charge in [0, 0.05) is 12.6 Å². The van der Waals surface area contributed by atoms with E-state index in [1.807, 2.05) is 24.8 Å². The highest BCUT2D eigenvalue weighted by Crippen LogP contribution is 2.27. The summed E-state index contributed by atoms with van der Waals surface area (Å²) in [5.74, 6) is 1.87. The Hall–Kier alpha value is -0.580. The molecule has 4 heteroatoms. The second-order valence-corrected chi connectivity index (χ2v) is 6.67. The Morgan fingerprint density at radius 1 is 1.42 bits per heavy atom. The number of hydrogen-bond acceptors (Lipinski definition) is 3. The van der Waals surface area contributed by atoms with Crippen LogP contribution in [0.2, 0.25) is 0 Å². The van der Waals surface area contributed by atoms with Gasteiger partial charge in [-0.1, -0.05) is 12.1 Å². The van der Waals surface area contributed by atoms with Gasteiger partial charge in [-0.15, -0.1) is 0 Å². The van der Waals surface area contributed by atoms with Crippen LogP contribution in [0.1, 0.15) is 36.9 Å². The molecule has 1 aromatic carbocycles. The summed E-state index contributed by atoms with van der Waals surface area (Å²) >= 11 is 1.89. The molecule has 1 aliphatic heterocycles. The number of hydrogen-bond donors (Lipinski definition) is 2. The molecule has 1 atom stereocenters. The standard InChI is InChI=1S/C15H22FNOS/c1-11-3-4-13(9-14(11)16)12(2)17-10-15(18)5-7-19-8-6-15/h3-4,9,12,17-18H,5-8,10H2,1-2H3. The lowest BCUT2D eigenvalue weighted by Crippen LogP contribution is -2.44. The molecule has 2 rings (SSSR count). The molecule has 0 radical (unpaired) electrons. The van der Waals surface area contributed by atoms with Crippen molar-refractivity contribution >= 4 is 11.8 Å². The predicted octanol–water partition coefficient (Wildman–Crippen LogP) is 3.04. The van der Waals surface area contributed by atoms with Gasteiger partial charge in [-0.05, 0) is 55.4 Å². The van der Waals surface area contributed by atoms with Gasteiger partial charge in [0.2, 0.25) is 0 Å². The van der Waals surface area contributed by atoms with Crippen LogP contribution in [0.25, 0.3) is 0 Å². The maximum absolute atomic E-state index is 13.5. The first-order valence-corrected chi connectivity index (χ1v) is 7.95. The molecule has 1 aromatic rings. The van der Waals surface area contributed by atoms with Gasteiger partial charge < -0.3 is 10.4 Å². The van der Waals surface area contributed by atoms with Crippen LogP contribution in [-0.4, -0.2) is 28.8 Å². The van der Waals surface area contributed by atoms with Gasteiger partial charge in [-0.25, -0.2) is 4.39 Å². The summed E-state index contributed by atoms with van der Waals surface area (Å²) in [6.07, 6.45) is 1.67. The topological polar surface area (TPSA) is 32.3 Å². The zero-order chi connectivity index (χ0) is 13.9. The Labute approximate surface area is 118 Å². The Morgan fingerprint density at radius 3 is 2.74 bits per heavy atom. The molecule has 0 aromatic heterocycles. The number of nitrogens with one attached hydrogen (secondary N) is 1. The molecule has 2 nitrogen and oxygen atoms in total. The molecule has 1 saturated heterocycles. The molecule has 0 amide bonds. The fraction of sp³-hybridized carbons (Fsp3) is 0.600. The van der Waals surface area contributed by atoms with E-state index in [9.17, 15) is 9.50 Å². The molecule has 2 N–H and O–H groups in total. The van der Waals surface area contributed by atoms with Crippen LogP contribution >= 0.6 is 11.8 Å². The van der Waals surface area contributed by atoms with E-state index in [0.717, 1.165) is 29.9 Å². The highest BCUT2D eigenvalue weighted by atomic mass is 32.2. The normalized spacial score (nSPS) is 20.2. The average Bonchev–Trinajstić information content (AvgIpc) is 2.40. The smallest absolute Gasteiger partial charge is 0.126 e. The lowest BCUT2D eigenvalue weighted by molar-refractivity contribution is 0.0300. The van der Waals surface area contributed by atoms with E-state index in [1.165, 1.54) is 0 Å². The van der Waals surface area contributed by atoms with Crippen LogP contribution in [0.3, 0.4) is 0 Å². The van der Waals surface area contributed by atoms with Gasteiger partial charge in [0.1, 0.15) is 5.82 Å². The summed E-state index contributed by atoms with van der Waals surface area (Å²) in [7, 11) is 0. The predicted molar refractivity (Wildman–Crippen MR) is 79.1 cm³/mol. The molecule has 1 unspecified atom stereocenters. The molecule has 0 spiro atoms. The Balaban J connectivity index is 1.93. The van der Waals surface area contributed by atoms with E-state index in [1.54, 1.807) is 19.1 Å². The third-order valence-electron chi connectivity index (χ3n) is 3.86. The Kier molecular flexibility index (Phi) is 4.87. The van der Waals surface area contributed by atoms with Crippen molar-refractivity contribution in [1.29, 1.82) is 0 Å². The van der Waals surface area contributed by atoms with Crippen LogP contribution < -0.4 is 5.32 Å². The fourth-order valence-electron chi connectivity index (χ4n) is 2.27. The number of benzene rings is 1. The first-order chi connectivity index (χ1) is 9.00. The largest absolute Gasteiger partial charge is 0.389 e. The van der Waals surface area contributed by atoms with Gasteiger partial charge >= 0.3 is 0 Å². The quantitative estimate of drug-likeness (QED) is 0.891. The summed E-state index contributed by atoms with van der Waals surface area (Å²) in [6, 6.07) is 5.37. The van der Waals surface area contributed by atoms with Gasteiger partial charge in [0.25, 0.3) is 0 Å². The highest BCUT2D eigenvalue weighted by molar-refractivity contribution is 7.99. The molecule has 0 aliphatic carbocycles. The maximum atomic E-state index is 13.5. The molecular weight excluding hydrogens is 261 g/mol. The van der Waals surface area contributed by atoms with Crippen LogP contribution in [0, 0.1) is 12.7 Å². The van der Waals surface area contributed by atoms with Crippen molar-refractivity contribution in [2.45, 2.75) is 38.3 Å². The summed E-state index contributed by atoms with van der Waals surface area (Å²) in [5, 5.41) is 13.7. The van der Waals surface area contributed by atoms with Crippen molar-refractivity contribution < 1.29 is 9.50 Å². The molecule has 1 fully saturated rings. The third kappa shape index (κ3) is 3.94. The van der Waals surface area contributed by atoms with E-state index in [0.29, 0.717) is 12.1 Å². The monoisotopic (exact) mass is 283 g/mol. The van der Waals surface area contributed by atoms with Crippen LogP contribution in [0.15, 0.2) is 18.2 Å². The molecule has 106 valence electrons. The number of thioether (sulfide) groups is 1. The lowest BCUT2D eigenvalue weighted by Gasteiger charge is -2.33. The average molecular weight is 283 g/mol. The minimum absolute atomic E-state index is 0.0497. The highest BCUT2D eigenvalue weighted by Gasteiger charge is 2.29. The summed E-state index contributed by atoms with van der Waals surface area (Å²) < 4.78 is 13.5. The van der Waals surface area contributed by atoms with Crippen molar-refractivity contribution in [3.63, 3.8) is 0 Å². The van der Waals surface area contributed by atoms with E-state index in [2.05, 4.69) is 5.32 Å². The first-order valence-electron chi connectivity index (χ1n) is 6.80. The zero-order valence-electron chi connectivity index (χ0n) is 11.6. The first kappa shape index (κ1) is 14.8. The molecule has 0 bridgehead atoms. The minimum atomic E-state index is -0.594. The number of aryl methyl sites for hydroxylation is 1. The Morgan fingerprint density at radius 2 is 2.11 bits per heavy atom. The van der Waals surface area contributed by atoms with Crippen molar-refractivity contribution in [1.82, 2.24) is 5.32 Å². The minimum Gasteiger partial charge on any atom is -0.389 e. The number of halogens is 1. The van der Waals surface area contributed by atoms with E-state index in [4.69, 9.17) is 0 Å². The summed E-state index contributed by atoms with van der Waals surface area (Å²) in [5.41, 5.74) is 0.999. The molecule has 19 heavy (non-hydrogen) atoms. The molecule has 1 heterocycles. The molecule has 1 aliphatic rings. The molecule has 0 saturated carbocycles. The lowest BCUT2D eigenvalue weighted by atomic mass is 9.96. The fourth-order valence-corrected chi connectivity index (χ4v) is 3.52. The maximum Gasteiger partial charge on any atom is 0.126 e. The van der Waals surface area contributed by atoms with Gasteiger partial charge in [0.05, 0.1) is 5.60 Å². The van der Waals surface area contributed by atoms with Gasteiger partial charge in [-0.2, -0.15) is 11.8 Å². The van der Waals surface area contributed by atoms with Crippen LogP contribution in [-0.2, 0) is 0 Å². The van der Waals surface area contributed by atoms with Crippen molar-refractivity contribution in [3.8, 4) is 0 Å². The van der Waals surface area contributed by atoms with Crippen molar-refractivity contribution in [2.75, 3.05) is 18.1 Å².